The van der Waals surface area contributed by atoms with Crippen molar-refractivity contribution in [1.29, 1.82) is 0 Å². The topological polar surface area (TPSA) is 273 Å². The highest BCUT2D eigenvalue weighted by Crippen LogP contribution is 2.29. The Labute approximate surface area is 464 Å². The van der Waals surface area contributed by atoms with Crippen molar-refractivity contribution in [2.45, 2.75) is 147 Å². The standard InChI is InChI=1S/C21H26O3.C20H24O4.C6H12O4.C5H10O5.C3H6O.C2H3ClO.CH3F/c1-16-17(2)22-15-20(23-13-18-9-5-3-6-10-18)21(16)24-14-19-11-7-4-8-12-19;1-15-19(23-13-17-10-6-3-7-11-17)18(14-24-20(15)21)22-12-16-8-4-2-5-9-16;1-3-5(8)6(9)4(7)2-10-3;6-2-1-10-5(9)4(8)3(2)7;1-2-3-4;1-2(3)4;1-2/h3-12,16-17,20-21H,13-15H2,1-2H3;2-11,15,18-21H,12-14H2,1H3;3-9H,2H2,1H3;2-9H,1H2;2,4H,1,3H2;1H3;1H3/t16?,17-,20+,21?;15?,18-,19?,20-;3-,4+,5?,6?;2-,3?,4?,5-;;;/m0101.../s1/i;;;;;;1D. The molecular formula is C58H84ClFO18. The van der Waals surface area contributed by atoms with Crippen molar-refractivity contribution in [3.63, 3.8) is 0 Å². The summed E-state index contributed by atoms with van der Waals surface area (Å²) in [6.07, 6.45) is -8.23. The van der Waals surface area contributed by atoms with Crippen LogP contribution in [-0.4, -0.2) is 177 Å². The number of aliphatic hydroxyl groups is 9. The second-order valence-electron chi connectivity index (χ2n) is 18.5. The van der Waals surface area contributed by atoms with E-state index in [9.17, 15) is 14.3 Å². The molecule has 4 aromatic carbocycles. The Balaban J connectivity index is 0.000000358. The summed E-state index contributed by atoms with van der Waals surface area (Å²) in [5, 5.41) is 79.7. The first-order chi connectivity index (χ1) is 37.8. The first kappa shape index (κ1) is 68.1. The number of carbonyl (C=O) groups excluding carboxylic acids is 1. The minimum absolute atomic E-state index is 0.0395. The van der Waals surface area contributed by atoms with E-state index in [0.717, 1.165) is 11.1 Å². The van der Waals surface area contributed by atoms with E-state index < -0.39 is 62.5 Å². The van der Waals surface area contributed by atoms with Crippen LogP contribution >= 0.6 is 11.6 Å². The van der Waals surface area contributed by atoms with Crippen molar-refractivity contribution in [2.75, 3.05) is 40.2 Å². The molecule has 0 spiro atoms. The zero-order chi connectivity index (χ0) is 58.7. The molecule has 4 aliphatic heterocycles. The Morgan fingerprint density at radius 1 is 0.551 bits per heavy atom. The summed E-state index contributed by atoms with van der Waals surface area (Å²) in [7, 11) is -1.00. The van der Waals surface area contributed by atoms with Crippen LogP contribution in [0.25, 0.3) is 0 Å². The maximum absolute atomic E-state index is 9.99. The number of alkyl halides is 1. The number of ether oxygens (including phenoxy) is 8. The van der Waals surface area contributed by atoms with E-state index in [1.165, 1.54) is 24.1 Å². The number of hydrogen-bond donors (Lipinski definition) is 9. The maximum atomic E-state index is 9.99. The molecule has 16 atom stereocenters. The Morgan fingerprint density at radius 2 is 0.859 bits per heavy atom. The number of aliphatic hydroxyl groups excluding tert-OH is 9. The Morgan fingerprint density at radius 3 is 1.22 bits per heavy atom. The van der Waals surface area contributed by atoms with Gasteiger partial charge in [-0.25, -0.2) is 0 Å². The van der Waals surface area contributed by atoms with Gasteiger partial charge in [0.15, 0.2) is 12.6 Å². The predicted molar refractivity (Wildman–Crippen MR) is 290 cm³/mol. The van der Waals surface area contributed by atoms with E-state index in [0.29, 0.717) is 45.6 Å². The lowest BCUT2D eigenvalue weighted by molar-refractivity contribution is -0.252. The van der Waals surface area contributed by atoms with Crippen molar-refractivity contribution in [1.82, 2.24) is 0 Å². The first-order valence-corrected chi connectivity index (χ1v) is 25.9. The molecule has 0 aromatic heterocycles. The monoisotopic (exact) mass is 1120 g/mol. The average Bonchev–Trinajstić information content (AvgIpc) is 3.46. The van der Waals surface area contributed by atoms with Crippen LogP contribution in [0.2, 0.25) is 0 Å². The van der Waals surface area contributed by atoms with Crippen molar-refractivity contribution in [3.05, 3.63) is 156 Å². The number of hydrogen-bond acceptors (Lipinski definition) is 18. The van der Waals surface area contributed by atoms with Gasteiger partial charge in [-0.2, -0.15) is 0 Å². The van der Waals surface area contributed by atoms with Gasteiger partial charge in [-0.3, -0.25) is 9.18 Å². The normalized spacial score (nSPS) is 30.2. The van der Waals surface area contributed by atoms with Gasteiger partial charge in [-0.15, -0.1) is 6.58 Å². The molecule has 8 rings (SSSR count). The summed E-state index contributed by atoms with van der Waals surface area (Å²) >= 11 is 4.64. The zero-order valence-electron chi connectivity index (χ0n) is 46.1. The molecule has 0 saturated carbocycles. The van der Waals surface area contributed by atoms with Crippen molar-refractivity contribution >= 4 is 16.8 Å². The van der Waals surface area contributed by atoms with Crippen molar-refractivity contribution in [2.24, 2.45) is 11.8 Å². The van der Waals surface area contributed by atoms with Gasteiger partial charge in [0.2, 0.25) is 5.24 Å². The molecule has 0 bridgehead atoms. The van der Waals surface area contributed by atoms with E-state index in [1.54, 1.807) is 6.92 Å². The molecule has 4 fully saturated rings. The van der Waals surface area contributed by atoms with E-state index in [2.05, 4.69) is 61.0 Å². The molecule has 4 aliphatic rings. The van der Waals surface area contributed by atoms with Crippen LogP contribution in [0.3, 0.4) is 0 Å². The Kier molecular flexibility index (Phi) is 35.0. The van der Waals surface area contributed by atoms with E-state index in [-0.39, 0.29) is 61.5 Å². The zero-order valence-corrected chi connectivity index (χ0v) is 45.9. The molecule has 0 aliphatic carbocycles. The molecular weight excluding hydrogens is 1040 g/mol. The fraction of sp³-hybridized carbons (Fsp3) is 0.534. The van der Waals surface area contributed by atoms with Crippen LogP contribution in [0.4, 0.5) is 4.39 Å². The van der Waals surface area contributed by atoms with E-state index in [1.807, 2.05) is 104 Å². The summed E-state index contributed by atoms with van der Waals surface area (Å²) in [4.78, 5) is 9.21. The first-order valence-electron chi connectivity index (χ1n) is 26.3. The summed E-state index contributed by atoms with van der Waals surface area (Å²) < 4.78 is 60.7. The lowest BCUT2D eigenvalue weighted by Crippen LogP contribution is -2.52. The third-order valence-electron chi connectivity index (χ3n) is 12.5. The summed E-state index contributed by atoms with van der Waals surface area (Å²) in [6, 6.07) is 40.6. The second kappa shape index (κ2) is 40.1. The molecule has 4 saturated heterocycles. The molecule has 0 amide bonds. The summed E-state index contributed by atoms with van der Waals surface area (Å²) in [6.45, 7) is 15.5. The van der Waals surface area contributed by atoms with Gasteiger partial charge in [0.05, 0.1) is 92.4 Å². The number of rotatable bonds is 13. The van der Waals surface area contributed by atoms with Crippen LogP contribution in [0.5, 0.6) is 0 Å². The van der Waals surface area contributed by atoms with Gasteiger partial charge in [0.1, 0.15) is 48.8 Å². The lowest BCUT2D eigenvalue weighted by Gasteiger charge is -2.39. The highest BCUT2D eigenvalue weighted by Gasteiger charge is 2.40. The van der Waals surface area contributed by atoms with Crippen molar-refractivity contribution in [3.8, 4) is 0 Å². The molecule has 20 heteroatoms. The van der Waals surface area contributed by atoms with Crippen molar-refractivity contribution < 1.29 is 94.4 Å². The quantitative estimate of drug-likeness (QED) is 0.0644. The average molecular weight is 1120 g/mol. The second-order valence-corrected chi connectivity index (χ2v) is 19.0. The fourth-order valence-electron chi connectivity index (χ4n) is 7.68. The highest BCUT2D eigenvalue weighted by molar-refractivity contribution is 6.62. The molecule has 9 N–H and O–H groups in total. The van der Waals surface area contributed by atoms with E-state index in [4.69, 9.17) is 75.4 Å². The summed E-state index contributed by atoms with van der Waals surface area (Å²) in [5.74, 6) is 0.145. The van der Waals surface area contributed by atoms with Gasteiger partial charge >= 0.3 is 0 Å². The maximum Gasteiger partial charge on any atom is 0.218 e. The van der Waals surface area contributed by atoms with Crippen LogP contribution in [-0.2, 0) is 69.1 Å². The van der Waals surface area contributed by atoms with Gasteiger partial charge in [0, 0.05) is 18.8 Å². The molecule has 18 nitrogen and oxygen atoms in total. The molecule has 4 heterocycles. The fourth-order valence-corrected chi connectivity index (χ4v) is 7.68. The number of benzene rings is 4. The van der Waals surface area contributed by atoms with Gasteiger partial charge in [-0.1, -0.05) is 141 Å². The smallest absolute Gasteiger partial charge is 0.218 e. The van der Waals surface area contributed by atoms with Gasteiger partial charge < -0.3 is 83.9 Å². The highest BCUT2D eigenvalue weighted by atomic mass is 35.5. The molecule has 4 aromatic rings. The van der Waals surface area contributed by atoms with Crippen LogP contribution in [0, 0.1) is 11.8 Å². The molecule has 8 unspecified atom stereocenters. The van der Waals surface area contributed by atoms with Crippen LogP contribution in [0.15, 0.2) is 134 Å². The van der Waals surface area contributed by atoms with Crippen LogP contribution < -0.4 is 0 Å². The SMILES string of the molecule is C=CCO.CC(=O)Cl.CC1C(OCc2ccccc2)[C@H](OCc2ccccc2)CO[C@H]1C.CC1C(OCc2ccccc2)[C@H](OCc2ccccc2)CO[C@H]1O.C[C@@H]1OC[C@@H](O)C(O)C1O.OC1C(O)[C@H](O)OC[C@H]1O.[2H]CF. The lowest BCUT2D eigenvalue weighted by atomic mass is 9.92. The van der Waals surface area contributed by atoms with Gasteiger partial charge in [0.25, 0.3) is 0 Å². The number of halogens is 2. The van der Waals surface area contributed by atoms with E-state index >= 15 is 0 Å². The van der Waals surface area contributed by atoms with Gasteiger partial charge in [-0.05, 0) is 47.7 Å². The Hall–Kier alpha value is -4.17. The third kappa shape index (κ3) is 26.4. The van der Waals surface area contributed by atoms with Crippen LogP contribution in [0.1, 0.15) is 58.2 Å². The Bertz CT molecular complexity index is 1960. The molecule has 438 valence electrons. The minimum atomic E-state index is -1.41. The molecule has 78 heavy (non-hydrogen) atoms. The predicted octanol–water partition coefficient (Wildman–Crippen LogP) is 4.78. The molecule has 0 radical (unpaired) electrons. The third-order valence-corrected chi connectivity index (χ3v) is 12.5. The minimum Gasteiger partial charge on any atom is -0.392 e. The summed E-state index contributed by atoms with van der Waals surface area (Å²) in [5.41, 5.74) is 4.57. The number of carbonyl (C=O) groups is 1. The largest absolute Gasteiger partial charge is 0.392 e.